The smallest absolute Gasteiger partial charge is 0.265 e. The molecule has 0 aliphatic carbocycles. The Hall–Kier alpha value is -3.53. The van der Waals surface area contributed by atoms with Crippen LogP contribution in [-0.4, -0.2) is 71.5 Å². The normalized spacial score (nSPS) is 13.3. The molecule has 33 heavy (non-hydrogen) atoms. The number of nitrogens with zero attached hydrogens (tertiary/aromatic N) is 3. The first-order valence-corrected chi connectivity index (χ1v) is 11.5. The Morgan fingerprint density at radius 1 is 1.09 bits per heavy atom. The number of thioether (sulfide) groups is 1. The van der Waals surface area contributed by atoms with E-state index in [-0.39, 0.29) is 29.2 Å². The van der Waals surface area contributed by atoms with Crippen molar-refractivity contribution in [1.82, 2.24) is 15.0 Å². The third-order valence-electron chi connectivity index (χ3n) is 4.81. The number of pyridine rings is 1. The Kier molecular flexibility index (Phi) is 8.71. The monoisotopic (exact) mass is 470 g/mol. The van der Waals surface area contributed by atoms with Crippen molar-refractivity contribution < 1.29 is 23.9 Å². The van der Waals surface area contributed by atoms with E-state index in [9.17, 15) is 14.4 Å². The molecular formula is C23H26N4O5S. The summed E-state index contributed by atoms with van der Waals surface area (Å²) in [6.07, 6.45) is 5.33. The summed E-state index contributed by atoms with van der Waals surface area (Å²) < 4.78 is 10.6. The number of carbonyl (C=O) groups is 3. The fourth-order valence-corrected chi connectivity index (χ4v) is 3.92. The highest BCUT2D eigenvalue weighted by Gasteiger charge is 2.29. The lowest BCUT2D eigenvalue weighted by Crippen LogP contribution is -2.45. The third-order valence-corrected chi connectivity index (χ3v) is 5.72. The molecular weight excluding hydrogens is 444 g/mol. The molecule has 10 heteroatoms. The Morgan fingerprint density at radius 3 is 2.64 bits per heavy atom. The van der Waals surface area contributed by atoms with Crippen LogP contribution in [0.1, 0.15) is 12.0 Å². The van der Waals surface area contributed by atoms with Gasteiger partial charge in [-0.1, -0.05) is 6.07 Å². The van der Waals surface area contributed by atoms with E-state index in [1.165, 1.54) is 27.9 Å². The van der Waals surface area contributed by atoms with Gasteiger partial charge in [0.15, 0.2) is 0 Å². The summed E-state index contributed by atoms with van der Waals surface area (Å²) in [6.45, 7) is 0.913. The lowest BCUT2D eigenvalue weighted by atomic mass is 10.1. The standard InChI is InChI=1S/C23H26N4O5S/c1-31-18-8-9-19(32-2)17(14-18)7-10-22(29)26-12-5-13-27(26)23(30)16-33-15-21(28)25-20-6-3-4-11-24-20/h3-4,6-11,14H,5,12-13,15-16H2,1-2H3,(H,24,25,28)/b10-7+. The molecule has 9 nitrogen and oxygen atoms in total. The molecule has 2 aromatic rings. The molecule has 1 fully saturated rings. The summed E-state index contributed by atoms with van der Waals surface area (Å²) >= 11 is 1.19. The van der Waals surface area contributed by atoms with E-state index >= 15 is 0 Å². The minimum absolute atomic E-state index is 0.0901. The van der Waals surface area contributed by atoms with Crippen LogP contribution in [0.4, 0.5) is 5.82 Å². The van der Waals surface area contributed by atoms with Crippen molar-refractivity contribution in [3.8, 4) is 11.5 Å². The summed E-state index contributed by atoms with van der Waals surface area (Å²) in [4.78, 5) is 41.5. The summed E-state index contributed by atoms with van der Waals surface area (Å²) in [5.74, 6) is 1.15. The number of nitrogens with one attached hydrogen (secondary N) is 1. The molecule has 1 saturated heterocycles. The molecule has 1 aliphatic rings. The minimum atomic E-state index is -0.302. The average molecular weight is 471 g/mol. The van der Waals surface area contributed by atoms with E-state index in [1.807, 2.05) is 0 Å². The zero-order valence-corrected chi connectivity index (χ0v) is 19.3. The lowest BCUT2D eigenvalue weighted by molar-refractivity contribution is -0.152. The van der Waals surface area contributed by atoms with Crippen molar-refractivity contribution in [3.63, 3.8) is 0 Å². The zero-order chi connectivity index (χ0) is 23.6. The Morgan fingerprint density at radius 2 is 1.91 bits per heavy atom. The van der Waals surface area contributed by atoms with Gasteiger partial charge in [0.2, 0.25) is 5.91 Å². The van der Waals surface area contributed by atoms with Gasteiger partial charge in [0, 0.05) is 30.9 Å². The van der Waals surface area contributed by atoms with Gasteiger partial charge in [-0.05, 0) is 42.8 Å². The Labute approximate surface area is 196 Å². The molecule has 1 N–H and O–H groups in total. The van der Waals surface area contributed by atoms with Crippen LogP contribution in [0.2, 0.25) is 0 Å². The van der Waals surface area contributed by atoms with Crippen LogP contribution in [0.3, 0.4) is 0 Å². The van der Waals surface area contributed by atoms with Crippen molar-refractivity contribution in [2.75, 3.05) is 44.1 Å². The van der Waals surface area contributed by atoms with Crippen molar-refractivity contribution in [2.24, 2.45) is 0 Å². The highest BCUT2D eigenvalue weighted by molar-refractivity contribution is 8.00. The van der Waals surface area contributed by atoms with Crippen LogP contribution in [0.5, 0.6) is 11.5 Å². The molecule has 0 saturated carbocycles. The van der Waals surface area contributed by atoms with Crippen LogP contribution >= 0.6 is 11.8 Å². The molecule has 0 atom stereocenters. The predicted octanol–water partition coefficient (Wildman–Crippen LogP) is 2.46. The fraction of sp³-hybridized carbons (Fsp3) is 0.304. The van der Waals surface area contributed by atoms with Crippen molar-refractivity contribution in [1.29, 1.82) is 0 Å². The van der Waals surface area contributed by atoms with Crippen molar-refractivity contribution in [3.05, 3.63) is 54.2 Å². The van der Waals surface area contributed by atoms with E-state index in [4.69, 9.17) is 9.47 Å². The number of rotatable bonds is 9. The van der Waals surface area contributed by atoms with Crippen LogP contribution in [0.25, 0.3) is 6.08 Å². The second-order valence-corrected chi connectivity index (χ2v) is 8.01. The van der Waals surface area contributed by atoms with Gasteiger partial charge in [-0.15, -0.1) is 11.8 Å². The predicted molar refractivity (Wildman–Crippen MR) is 127 cm³/mol. The van der Waals surface area contributed by atoms with Gasteiger partial charge in [0.25, 0.3) is 11.8 Å². The summed E-state index contributed by atoms with van der Waals surface area (Å²) in [7, 11) is 3.12. The molecule has 0 bridgehead atoms. The van der Waals surface area contributed by atoms with Gasteiger partial charge < -0.3 is 14.8 Å². The maximum Gasteiger partial charge on any atom is 0.265 e. The summed E-state index contributed by atoms with van der Waals surface area (Å²) in [5, 5.41) is 5.55. The van der Waals surface area contributed by atoms with Crippen LogP contribution < -0.4 is 14.8 Å². The molecule has 0 radical (unpaired) electrons. The minimum Gasteiger partial charge on any atom is -0.497 e. The van der Waals surface area contributed by atoms with Gasteiger partial charge in [0.1, 0.15) is 17.3 Å². The SMILES string of the molecule is COc1ccc(OC)c(/C=C/C(=O)N2CCCN2C(=O)CSCC(=O)Nc2ccccn2)c1. The van der Waals surface area contributed by atoms with Gasteiger partial charge in [0.05, 0.1) is 25.7 Å². The van der Waals surface area contributed by atoms with E-state index in [1.54, 1.807) is 62.9 Å². The average Bonchev–Trinajstić information content (AvgIpc) is 3.33. The molecule has 1 aromatic carbocycles. The van der Waals surface area contributed by atoms with E-state index < -0.39 is 0 Å². The number of methoxy groups -OCH3 is 2. The number of amides is 3. The summed E-state index contributed by atoms with van der Waals surface area (Å²) in [6, 6.07) is 10.5. The maximum atomic E-state index is 12.8. The number of anilines is 1. The number of benzene rings is 1. The molecule has 1 aromatic heterocycles. The van der Waals surface area contributed by atoms with Gasteiger partial charge in [-0.3, -0.25) is 19.4 Å². The summed E-state index contributed by atoms with van der Waals surface area (Å²) in [5.41, 5.74) is 0.691. The van der Waals surface area contributed by atoms with E-state index in [0.717, 1.165) is 0 Å². The molecule has 2 heterocycles. The van der Waals surface area contributed by atoms with E-state index in [0.29, 0.717) is 42.4 Å². The maximum absolute atomic E-state index is 12.8. The van der Waals surface area contributed by atoms with Crippen LogP contribution in [0.15, 0.2) is 48.7 Å². The fourth-order valence-electron chi connectivity index (χ4n) is 3.24. The Bertz CT molecular complexity index is 1020. The van der Waals surface area contributed by atoms with Gasteiger partial charge in [-0.2, -0.15) is 0 Å². The first-order chi connectivity index (χ1) is 16.0. The third kappa shape index (κ3) is 6.72. The molecule has 0 unspecified atom stereocenters. The quantitative estimate of drug-likeness (QED) is 0.562. The number of carbonyl (C=O) groups excluding carboxylic acids is 3. The number of hydrogen-bond donors (Lipinski definition) is 1. The first-order valence-electron chi connectivity index (χ1n) is 10.3. The highest BCUT2D eigenvalue weighted by atomic mass is 32.2. The van der Waals surface area contributed by atoms with Crippen molar-refractivity contribution in [2.45, 2.75) is 6.42 Å². The second kappa shape index (κ2) is 11.9. The van der Waals surface area contributed by atoms with Gasteiger partial charge >= 0.3 is 0 Å². The Balaban J connectivity index is 1.53. The van der Waals surface area contributed by atoms with Crippen LogP contribution in [0, 0.1) is 0 Å². The molecule has 1 aliphatic heterocycles. The zero-order valence-electron chi connectivity index (χ0n) is 18.5. The largest absolute Gasteiger partial charge is 0.497 e. The molecule has 3 rings (SSSR count). The van der Waals surface area contributed by atoms with Crippen LogP contribution in [-0.2, 0) is 14.4 Å². The van der Waals surface area contributed by atoms with E-state index in [2.05, 4.69) is 10.3 Å². The molecule has 0 spiro atoms. The van der Waals surface area contributed by atoms with Gasteiger partial charge in [-0.25, -0.2) is 9.99 Å². The number of hydrazine groups is 1. The topological polar surface area (TPSA) is 101 Å². The second-order valence-electron chi connectivity index (χ2n) is 7.03. The highest BCUT2D eigenvalue weighted by Crippen LogP contribution is 2.25. The number of hydrogen-bond acceptors (Lipinski definition) is 7. The number of aromatic nitrogens is 1. The first kappa shape index (κ1) is 24.1. The number of ether oxygens (including phenoxy) is 2. The molecule has 3 amide bonds. The molecule has 174 valence electrons. The van der Waals surface area contributed by atoms with Crippen molar-refractivity contribution >= 4 is 41.4 Å². The lowest BCUT2D eigenvalue weighted by Gasteiger charge is -2.26.